The van der Waals surface area contributed by atoms with E-state index < -0.39 is 0 Å². The van der Waals surface area contributed by atoms with Gasteiger partial charge in [-0.2, -0.15) is 0 Å². The molecule has 0 spiro atoms. The van der Waals surface area contributed by atoms with Crippen LogP contribution in [0.1, 0.15) is 0 Å². The number of hydrogen-bond donors (Lipinski definition) is 2. The summed E-state index contributed by atoms with van der Waals surface area (Å²) in [6.45, 7) is 0. The number of hydrogen-bond acceptors (Lipinski definition) is 4. The number of nitrogens with zero attached hydrogens (tertiary/aromatic N) is 2. The summed E-state index contributed by atoms with van der Waals surface area (Å²) in [7, 11) is 0. The molecule has 10 aromatic rings. The first-order chi connectivity index (χ1) is 27.8. The normalized spacial score (nSPS) is 11.2. The van der Waals surface area contributed by atoms with Gasteiger partial charge in [0.05, 0.1) is 0 Å². The molecule has 266 valence electrons. The summed E-state index contributed by atoms with van der Waals surface area (Å²) in [6, 6.07) is 77.3. The van der Waals surface area contributed by atoms with Crippen LogP contribution in [-0.4, -0.2) is 0 Å². The Morgan fingerprint density at radius 1 is 0.250 bits per heavy atom. The smallest absolute Gasteiger partial charge is 0.0464 e. The summed E-state index contributed by atoms with van der Waals surface area (Å²) >= 11 is 0. The maximum absolute atomic E-state index is 3.76. The van der Waals surface area contributed by atoms with Gasteiger partial charge in [0.1, 0.15) is 0 Å². The average molecular weight is 719 g/mol. The second kappa shape index (κ2) is 14.3. The van der Waals surface area contributed by atoms with Gasteiger partial charge in [0.2, 0.25) is 0 Å². The largest absolute Gasteiger partial charge is 0.355 e. The predicted molar refractivity (Wildman–Crippen MR) is 239 cm³/mol. The molecule has 0 saturated carbocycles. The lowest BCUT2D eigenvalue weighted by atomic mass is 9.92. The molecule has 0 atom stereocenters. The fourth-order valence-electron chi connectivity index (χ4n) is 7.92. The lowest BCUT2D eigenvalue weighted by molar-refractivity contribution is 1.28. The molecule has 10 aromatic carbocycles. The summed E-state index contributed by atoms with van der Waals surface area (Å²) in [5.41, 5.74) is 10.9. The average Bonchev–Trinajstić information content (AvgIpc) is 3.27. The zero-order valence-corrected chi connectivity index (χ0v) is 30.7. The van der Waals surface area contributed by atoms with Crippen molar-refractivity contribution in [2.75, 3.05) is 20.4 Å². The molecule has 0 saturated heterocycles. The quantitative estimate of drug-likeness (QED) is 0.138. The molecule has 56 heavy (non-hydrogen) atoms. The van der Waals surface area contributed by atoms with Crippen molar-refractivity contribution in [3.8, 4) is 0 Å². The molecule has 0 heterocycles. The van der Waals surface area contributed by atoms with Gasteiger partial charge in [-0.1, -0.05) is 109 Å². The van der Waals surface area contributed by atoms with E-state index >= 15 is 0 Å². The maximum Gasteiger partial charge on any atom is 0.0464 e. The van der Waals surface area contributed by atoms with Gasteiger partial charge < -0.3 is 20.4 Å². The van der Waals surface area contributed by atoms with Gasteiger partial charge in [0, 0.05) is 67.6 Å². The third kappa shape index (κ3) is 6.19. The molecule has 4 heteroatoms. The lowest BCUT2D eigenvalue weighted by Crippen LogP contribution is -2.09. The highest BCUT2D eigenvalue weighted by Crippen LogP contribution is 2.43. The molecule has 10 rings (SSSR count). The first-order valence-corrected chi connectivity index (χ1v) is 19.0. The van der Waals surface area contributed by atoms with Crippen molar-refractivity contribution in [3.63, 3.8) is 0 Å². The summed E-state index contributed by atoms with van der Waals surface area (Å²) < 4.78 is 0. The Kier molecular flexibility index (Phi) is 8.47. The van der Waals surface area contributed by atoms with Crippen LogP contribution < -0.4 is 20.4 Å². The summed E-state index contributed by atoms with van der Waals surface area (Å²) in [6.07, 6.45) is 0. The van der Waals surface area contributed by atoms with Gasteiger partial charge >= 0.3 is 0 Å². The SMILES string of the molecule is c1ccc(N(c2ccccc2)c2ccc(Nc3ccc4ccc5ccc(Nc6ccc(N(c7ccccc7)c7ccccc7)cc6)c6ccc3c4c56)cc2)cc1. The van der Waals surface area contributed by atoms with Crippen LogP contribution in [0.5, 0.6) is 0 Å². The second-order valence-electron chi connectivity index (χ2n) is 14.0. The van der Waals surface area contributed by atoms with Gasteiger partial charge in [0.25, 0.3) is 0 Å². The van der Waals surface area contributed by atoms with E-state index in [0.717, 1.165) is 56.9 Å². The number of benzene rings is 10. The Labute approximate surface area is 326 Å². The molecule has 0 bridgehead atoms. The lowest BCUT2D eigenvalue weighted by Gasteiger charge is -2.25. The standard InChI is InChI=1S/C52H38N4/c1-5-13-41(14-6-1)55(42-15-7-2-8-16-42)45-29-25-39(26-30-45)53-49-35-23-37-21-22-38-24-36-50(48-34-33-47(49)51(37)52(38)48)54-40-27-31-46(32-28-40)56(43-17-9-3-10-18-43)44-19-11-4-12-20-44/h1-36,53-54H. The highest BCUT2D eigenvalue weighted by atomic mass is 15.1. The van der Waals surface area contributed by atoms with Crippen molar-refractivity contribution < 1.29 is 0 Å². The first-order valence-electron chi connectivity index (χ1n) is 19.0. The van der Waals surface area contributed by atoms with Crippen LogP contribution in [0.15, 0.2) is 218 Å². The zero-order chi connectivity index (χ0) is 37.3. The maximum atomic E-state index is 3.76. The van der Waals surface area contributed by atoms with Gasteiger partial charge in [0.15, 0.2) is 0 Å². The first kappa shape index (κ1) is 33.0. The van der Waals surface area contributed by atoms with Crippen LogP contribution in [0, 0.1) is 0 Å². The number of rotatable bonds is 10. The molecular weight excluding hydrogens is 681 g/mol. The van der Waals surface area contributed by atoms with Gasteiger partial charge in [-0.25, -0.2) is 0 Å². The number of nitrogens with one attached hydrogen (secondary N) is 2. The molecule has 0 aliphatic carbocycles. The fraction of sp³-hybridized carbons (Fsp3) is 0. The van der Waals surface area contributed by atoms with Gasteiger partial charge in [-0.3, -0.25) is 0 Å². The van der Waals surface area contributed by atoms with E-state index in [2.05, 4.69) is 239 Å². The molecule has 0 aliphatic heterocycles. The van der Waals surface area contributed by atoms with Crippen molar-refractivity contribution in [1.29, 1.82) is 0 Å². The van der Waals surface area contributed by atoms with E-state index in [1.165, 1.54) is 32.3 Å². The third-order valence-electron chi connectivity index (χ3n) is 10.5. The monoisotopic (exact) mass is 718 g/mol. The van der Waals surface area contributed by atoms with E-state index in [4.69, 9.17) is 0 Å². The van der Waals surface area contributed by atoms with E-state index in [0.29, 0.717) is 0 Å². The van der Waals surface area contributed by atoms with Crippen LogP contribution in [-0.2, 0) is 0 Å². The zero-order valence-electron chi connectivity index (χ0n) is 30.7. The minimum Gasteiger partial charge on any atom is -0.355 e. The summed E-state index contributed by atoms with van der Waals surface area (Å²) in [5.74, 6) is 0. The Bertz CT molecular complexity index is 2600. The van der Waals surface area contributed by atoms with E-state index in [-0.39, 0.29) is 0 Å². The predicted octanol–water partition coefficient (Wildman–Crippen LogP) is 15.0. The Morgan fingerprint density at radius 3 is 0.857 bits per heavy atom. The fourth-order valence-corrected chi connectivity index (χ4v) is 7.92. The summed E-state index contributed by atoms with van der Waals surface area (Å²) in [5, 5.41) is 14.9. The topological polar surface area (TPSA) is 30.5 Å². The van der Waals surface area contributed by atoms with Crippen LogP contribution in [0.2, 0.25) is 0 Å². The Morgan fingerprint density at radius 2 is 0.536 bits per heavy atom. The molecule has 0 aliphatic rings. The van der Waals surface area contributed by atoms with Crippen molar-refractivity contribution in [2.24, 2.45) is 0 Å². The number of anilines is 10. The molecule has 4 nitrogen and oxygen atoms in total. The van der Waals surface area contributed by atoms with E-state index in [9.17, 15) is 0 Å². The number of para-hydroxylation sites is 4. The second-order valence-corrected chi connectivity index (χ2v) is 14.0. The summed E-state index contributed by atoms with van der Waals surface area (Å²) in [4.78, 5) is 4.56. The molecule has 0 fully saturated rings. The highest BCUT2D eigenvalue weighted by molar-refractivity contribution is 6.27. The van der Waals surface area contributed by atoms with Crippen LogP contribution in [0.25, 0.3) is 32.3 Å². The van der Waals surface area contributed by atoms with Crippen molar-refractivity contribution in [1.82, 2.24) is 0 Å². The molecular formula is C52H38N4. The van der Waals surface area contributed by atoms with E-state index in [1.54, 1.807) is 0 Å². The minimum atomic E-state index is 1.04. The van der Waals surface area contributed by atoms with Crippen LogP contribution >= 0.6 is 0 Å². The minimum absolute atomic E-state index is 1.04. The Balaban J connectivity index is 0.959. The van der Waals surface area contributed by atoms with Crippen molar-refractivity contribution in [3.05, 3.63) is 218 Å². The molecule has 0 radical (unpaired) electrons. The highest BCUT2D eigenvalue weighted by Gasteiger charge is 2.16. The van der Waals surface area contributed by atoms with Crippen LogP contribution in [0.3, 0.4) is 0 Å². The molecule has 2 N–H and O–H groups in total. The Hall–Kier alpha value is -7.56. The molecule has 0 aromatic heterocycles. The van der Waals surface area contributed by atoms with Crippen molar-refractivity contribution >= 4 is 89.2 Å². The molecule has 0 amide bonds. The van der Waals surface area contributed by atoms with Crippen molar-refractivity contribution in [2.45, 2.75) is 0 Å². The van der Waals surface area contributed by atoms with Gasteiger partial charge in [-0.15, -0.1) is 0 Å². The van der Waals surface area contributed by atoms with Gasteiger partial charge in [-0.05, 0) is 131 Å². The van der Waals surface area contributed by atoms with E-state index in [1.807, 2.05) is 0 Å². The van der Waals surface area contributed by atoms with Crippen LogP contribution in [0.4, 0.5) is 56.9 Å². The third-order valence-corrected chi connectivity index (χ3v) is 10.5. The molecule has 0 unspecified atom stereocenters.